The van der Waals surface area contributed by atoms with Crippen LogP contribution >= 0.6 is 0 Å². The number of carbonyl (C=O) groups is 1. The van der Waals surface area contributed by atoms with Gasteiger partial charge in [0.15, 0.2) is 0 Å². The van der Waals surface area contributed by atoms with E-state index in [4.69, 9.17) is 0 Å². The number of benzene rings is 3. The average molecular weight is 435 g/mol. The van der Waals surface area contributed by atoms with Crippen molar-refractivity contribution in [3.05, 3.63) is 94.5 Å². The van der Waals surface area contributed by atoms with Crippen LogP contribution in [0, 0.1) is 13.8 Å². The van der Waals surface area contributed by atoms with Crippen molar-refractivity contribution in [3.8, 4) is 0 Å². The molecule has 1 amide bonds. The highest BCUT2D eigenvalue weighted by Crippen LogP contribution is 2.30. The number of aryl methyl sites for hydroxylation is 3. The van der Waals surface area contributed by atoms with E-state index in [2.05, 4.69) is 22.2 Å². The highest BCUT2D eigenvalue weighted by molar-refractivity contribution is 7.92. The van der Waals surface area contributed by atoms with Gasteiger partial charge in [-0.2, -0.15) is 0 Å². The van der Waals surface area contributed by atoms with Gasteiger partial charge in [-0.1, -0.05) is 42.5 Å². The third-order valence-corrected chi connectivity index (χ3v) is 7.21. The van der Waals surface area contributed by atoms with Crippen LogP contribution < -0.4 is 10.0 Å². The first-order valence-corrected chi connectivity index (χ1v) is 11.9. The van der Waals surface area contributed by atoms with Crippen LogP contribution in [-0.4, -0.2) is 14.3 Å². The Morgan fingerprint density at radius 1 is 0.968 bits per heavy atom. The Hall–Kier alpha value is -3.12. The summed E-state index contributed by atoms with van der Waals surface area (Å²) in [6.07, 6.45) is 2.89. The molecule has 0 saturated carbocycles. The number of carbonyl (C=O) groups excluding carboxylic acids is 1. The molecule has 3 aromatic rings. The number of nitrogens with one attached hydrogen (secondary N) is 2. The Kier molecular flexibility index (Phi) is 5.83. The maximum Gasteiger partial charge on any atom is 0.262 e. The van der Waals surface area contributed by atoms with E-state index >= 15 is 0 Å². The molecule has 0 unspecified atom stereocenters. The van der Waals surface area contributed by atoms with Crippen molar-refractivity contribution in [3.63, 3.8) is 0 Å². The van der Waals surface area contributed by atoms with Gasteiger partial charge in [-0.15, -0.1) is 0 Å². The Bertz CT molecular complexity index is 1240. The van der Waals surface area contributed by atoms with E-state index in [-0.39, 0.29) is 16.8 Å². The van der Waals surface area contributed by atoms with Crippen molar-refractivity contribution < 1.29 is 13.2 Å². The molecule has 160 valence electrons. The summed E-state index contributed by atoms with van der Waals surface area (Å²) < 4.78 is 28.7. The van der Waals surface area contributed by atoms with Crippen LogP contribution in [0.4, 0.5) is 5.69 Å². The van der Waals surface area contributed by atoms with E-state index in [0.29, 0.717) is 16.8 Å². The summed E-state index contributed by atoms with van der Waals surface area (Å²) in [7, 11) is -3.83. The molecule has 4 rings (SSSR count). The molecule has 1 atom stereocenters. The minimum Gasteiger partial charge on any atom is -0.345 e. The van der Waals surface area contributed by atoms with Crippen LogP contribution in [0.3, 0.4) is 0 Å². The molecule has 6 heteroatoms. The Labute approximate surface area is 183 Å². The van der Waals surface area contributed by atoms with Gasteiger partial charge in [0.05, 0.1) is 10.9 Å². The fourth-order valence-electron chi connectivity index (χ4n) is 4.09. The molecule has 2 N–H and O–H groups in total. The molecule has 1 aliphatic rings. The lowest BCUT2D eigenvalue weighted by Crippen LogP contribution is -2.31. The number of sulfonamides is 1. The summed E-state index contributed by atoms with van der Waals surface area (Å²) in [5, 5.41) is 3.09. The van der Waals surface area contributed by atoms with Gasteiger partial charge in [0, 0.05) is 11.3 Å². The molecule has 1 aliphatic carbocycles. The first-order chi connectivity index (χ1) is 14.8. The second kappa shape index (κ2) is 8.55. The Morgan fingerprint density at radius 3 is 2.58 bits per heavy atom. The third kappa shape index (κ3) is 4.64. The van der Waals surface area contributed by atoms with E-state index in [1.165, 1.54) is 11.6 Å². The van der Waals surface area contributed by atoms with Crippen LogP contribution in [0.25, 0.3) is 0 Å². The van der Waals surface area contributed by atoms with Crippen molar-refractivity contribution in [1.29, 1.82) is 0 Å². The number of amides is 1. The molecule has 0 radical (unpaired) electrons. The van der Waals surface area contributed by atoms with Gasteiger partial charge in [-0.25, -0.2) is 8.42 Å². The van der Waals surface area contributed by atoms with Crippen molar-refractivity contribution in [2.24, 2.45) is 0 Å². The summed E-state index contributed by atoms with van der Waals surface area (Å²) in [4.78, 5) is 13.1. The zero-order valence-electron chi connectivity index (χ0n) is 17.7. The molecule has 0 saturated heterocycles. The smallest absolute Gasteiger partial charge is 0.262 e. The second-order valence-corrected chi connectivity index (χ2v) is 9.72. The average Bonchev–Trinajstić information content (AvgIpc) is 2.74. The first-order valence-electron chi connectivity index (χ1n) is 10.4. The van der Waals surface area contributed by atoms with Crippen LogP contribution in [0.1, 0.15) is 51.5 Å². The molecule has 0 aromatic heterocycles. The third-order valence-electron chi connectivity index (χ3n) is 5.68. The zero-order valence-corrected chi connectivity index (χ0v) is 18.5. The van der Waals surface area contributed by atoms with Crippen molar-refractivity contribution in [2.45, 2.75) is 44.0 Å². The highest BCUT2D eigenvalue weighted by atomic mass is 32.2. The summed E-state index contributed by atoms with van der Waals surface area (Å²) in [5.74, 6) is -0.270. The van der Waals surface area contributed by atoms with E-state index in [1.54, 1.807) is 37.3 Å². The standard InChI is InChI=1S/C25H26N2O3S/c1-17-7-5-10-21(15-17)27-31(29,30)24-16-20(14-13-18(24)2)25(28)26-23-12-6-9-19-8-3-4-11-22(19)23/h3-5,7-8,10-11,13-16,23,27H,6,9,12H2,1-2H3,(H,26,28)/t23-/m1/s1. The van der Waals surface area contributed by atoms with Gasteiger partial charge in [-0.05, 0) is 79.6 Å². The van der Waals surface area contributed by atoms with Crippen LogP contribution in [0.2, 0.25) is 0 Å². The molecule has 0 fully saturated rings. The van der Waals surface area contributed by atoms with E-state index in [1.807, 2.05) is 25.1 Å². The van der Waals surface area contributed by atoms with E-state index in [0.717, 1.165) is 30.4 Å². The summed E-state index contributed by atoms with van der Waals surface area (Å²) in [6.45, 7) is 3.63. The lowest BCUT2D eigenvalue weighted by atomic mass is 9.87. The molecule has 31 heavy (non-hydrogen) atoms. The summed E-state index contributed by atoms with van der Waals surface area (Å²) >= 11 is 0. The molecular formula is C25H26N2O3S. The fourth-order valence-corrected chi connectivity index (χ4v) is 5.42. The maximum absolute atomic E-state index is 13.0. The zero-order chi connectivity index (χ0) is 22.0. The molecule has 0 heterocycles. The van der Waals surface area contributed by atoms with E-state index < -0.39 is 10.0 Å². The largest absolute Gasteiger partial charge is 0.345 e. The molecule has 0 aliphatic heterocycles. The Balaban J connectivity index is 1.58. The van der Waals surface area contributed by atoms with Crippen molar-refractivity contribution >= 4 is 21.6 Å². The number of fused-ring (bicyclic) bond motifs is 1. The summed E-state index contributed by atoms with van der Waals surface area (Å²) in [5.41, 5.74) is 4.76. The number of hydrogen-bond donors (Lipinski definition) is 2. The fraction of sp³-hybridized carbons (Fsp3) is 0.240. The molecule has 3 aromatic carbocycles. The lowest BCUT2D eigenvalue weighted by molar-refractivity contribution is 0.0932. The van der Waals surface area contributed by atoms with Crippen molar-refractivity contribution in [2.75, 3.05) is 4.72 Å². The molecule has 0 spiro atoms. The van der Waals surface area contributed by atoms with Crippen molar-refractivity contribution in [1.82, 2.24) is 5.32 Å². The van der Waals surface area contributed by atoms with Gasteiger partial charge in [0.2, 0.25) is 0 Å². The predicted molar refractivity (Wildman–Crippen MR) is 123 cm³/mol. The molecular weight excluding hydrogens is 408 g/mol. The van der Waals surface area contributed by atoms with Gasteiger partial charge in [-0.3, -0.25) is 9.52 Å². The number of hydrogen-bond acceptors (Lipinski definition) is 3. The van der Waals surface area contributed by atoms with Crippen LogP contribution in [0.5, 0.6) is 0 Å². The van der Waals surface area contributed by atoms with Crippen LogP contribution in [-0.2, 0) is 16.4 Å². The Morgan fingerprint density at radius 2 is 1.77 bits per heavy atom. The normalized spacial score (nSPS) is 15.7. The SMILES string of the molecule is Cc1cccc(NS(=O)(=O)c2cc(C(=O)N[C@@H]3CCCc4ccccc43)ccc2C)c1. The van der Waals surface area contributed by atoms with Gasteiger partial charge in [0.25, 0.3) is 15.9 Å². The lowest BCUT2D eigenvalue weighted by Gasteiger charge is -2.26. The number of rotatable bonds is 5. The minimum atomic E-state index is -3.83. The molecule has 0 bridgehead atoms. The topological polar surface area (TPSA) is 75.3 Å². The predicted octanol–water partition coefficient (Wildman–Crippen LogP) is 4.91. The summed E-state index contributed by atoms with van der Waals surface area (Å²) in [6, 6.07) is 20.1. The van der Waals surface area contributed by atoms with Gasteiger partial charge in [0.1, 0.15) is 0 Å². The van der Waals surface area contributed by atoms with Crippen LogP contribution in [0.15, 0.2) is 71.6 Å². The first kappa shape index (κ1) is 21.1. The number of anilines is 1. The van der Waals surface area contributed by atoms with E-state index in [9.17, 15) is 13.2 Å². The monoisotopic (exact) mass is 434 g/mol. The van der Waals surface area contributed by atoms with Gasteiger partial charge >= 0.3 is 0 Å². The second-order valence-electron chi connectivity index (χ2n) is 8.07. The minimum absolute atomic E-state index is 0.0655. The maximum atomic E-state index is 13.0. The van der Waals surface area contributed by atoms with Gasteiger partial charge < -0.3 is 5.32 Å². The molecule has 5 nitrogen and oxygen atoms in total. The highest BCUT2D eigenvalue weighted by Gasteiger charge is 2.24. The quantitative estimate of drug-likeness (QED) is 0.599.